The van der Waals surface area contributed by atoms with Crippen LogP contribution in [0.5, 0.6) is 5.75 Å². The molecule has 3 aromatic rings. The predicted molar refractivity (Wildman–Crippen MR) is 208 cm³/mol. The monoisotopic (exact) mass is 778 g/mol. The summed E-state index contributed by atoms with van der Waals surface area (Å²) in [5.74, 6) is 0.449. The Morgan fingerprint density at radius 1 is 0.778 bits per heavy atom. The van der Waals surface area contributed by atoms with Crippen LogP contribution in [-0.4, -0.2) is 97.4 Å². The van der Waals surface area contributed by atoms with E-state index in [1.54, 1.807) is 67.0 Å². The summed E-state index contributed by atoms with van der Waals surface area (Å²) in [4.78, 5) is 43.8. The highest BCUT2D eigenvalue weighted by atomic mass is 35.5. The van der Waals surface area contributed by atoms with Gasteiger partial charge in [0.05, 0.1) is 11.5 Å². The van der Waals surface area contributed by atoms with Crippen molar-refractivity contribution >= 4 is 39.5 Å². The van der Waals surface area contributed by atoms with Crippen molar-refractivity contribution in [2.24, 2.45) is 5.92 Å². The smallest absolute Gasteiger partial charge is 0.407 e. The van der Waals surface area contributed by atoms with Crippen molar-refractivity contribution < 1.29 is 32.3 Å². The maximum absolute atomic E-state index is 14.3. The summed E-state index contributed by atoms with van der Waals surface area (Å²) >= 11 is 6.05. The quantitative estimate of drug-likeness (QED) is 0.248. The molecule has 1 atom stereocenters. The number of hydrogen-bond donors (Lipinski definition) is 1. The van der Waals surface area contributed by atoms with Gasteiger partial charge in [-0.1, -0.05) is 55.1 Å². The summed E-state index contributed by atoms with van der Waals surface area (Å²) < 4.78 is 41.2. The van der Waals surface area contributed by atoms with Gasteiger partial charge in [0, 0.05) is 49.4 Å². The molecule has 0 bridgehead atoms. The number of piperidine rings is 1. The van der Waals surface area contributed by atoms with E-state index in [4.69, 9.17) is 21.1 Å². The summed E-state index contributed by atoms with van der Waals surface area (Å²) in [5.41, 5.74) is 1.67. The average Bonchev–Trinajstić information content (AvgIpc) is 3.17. The molecule has 290 valence electrons. The molecule has 1 N–H and O–H groups in total. The second-order valence-corrected chi connectivity index (χ2v) is 17.8. The maximum atomic E-state index is 14.3. The summed E-state index contributed by atoms with van der Waals surface area (Å²) in [5, 5.41) is 3.52. The van der Waals surface area contributed by atoms with Crippen LogP contribution < -0.4 is 10.1 Å². The molecule has 0 aromatic heterocycles. The van der Waals surface area contributed by atoms with E-state index in [1.165, 1.54) is 35.7 Å². The van der Waals surface area contributed by atoms with Crippen LogP contribution >= 0.6 is 11.6 Å². The molecule has 2 aliphatic heterocycles. The fourth-order valence-electron chi connectivity index (χ4n) is 7.41. The molecule has 3 aromatic carbocycles. The first-order valence-corrected chi connectivity index (χ1v) is 20.8. The van der Waals surface area contributed by atoms with Crippen molar-refractivity contribution in [2.75, 3.05) is 39.3 Å². The van der Waals surface area contributed by atoms with Crippen LogP contribution in [0.1, 0.15) is 76.1 Å². The van der Waals surface area contributed by atoms with Gasteiger partial charge in [-0.05, 0) is 112 Å². The molecule has 13 heteroatoms. The molecule has 1 aliphatic carbocycles. The number of sulfonamides is 1. The zero-order chi connectivity index (χ0) is 38.5. The summed E-state index contributed by atoms with van der Waals surface area (Å²) in [6, 6.07) is 19.7. The fourth-order valence-corrected chi connectivity index (χ4v) is 9.10. The third-order valence-electron chi connectivity index (χ3n) is 10.4. The van der Waals surface area contributed by atoms with Gasteiger partial charge in [0.15, 0.2) is 0 Å². The first-order chi connectivity index (χ1) is 25.8. The predicted octanol–water partition coefficient (Wildman–Crippen LogP) is 7.00. The number of nitrogens with one attached hydrogen (secondary N) is 1. The zero-order valence-corrected chi connectivity index (χ0v) is 32.9. The number of hydrogen-bond acceptors (Lipinski definition) is 7. The highest BCUT2D eigenvalue weighted by Gasteiger charge is 2.43. The Kier molecular flexibility index (Phi) is 12.5. The molecule has 1 unspecified atom stereocenters. The Morgan fingerprint density at radius 2 is 1.39 bits per heavy atom. The van der Waals surface area contributed by atoms with Gasteiger partial charge in [0.2, 0.25) is 15.9 Å². The largest absolute Gasteiger partial charge is 0.493 e. The van der Waals surface area contributed by atoms with Crippen molar-refractivity contribution in [3.63, 3.8) is 0 Å². The number of nitrogens with zero attached hydrogens (tertiary/aromatic N) is 3. The van der Waals surface area contributed by atoms with E-state index < -0.39 is 27.8 Å². The van der Waals surface area contributed by atoms with Crippen LogP contribution in [0.3, 0.4) is 0 Å². The zero-order valence-electron chi connectivity index (χ0n) is 31.3. The number of halogens is 1. The van der Waals surface area contributed by atoms with E-state index in [0.29, 0.717) is 54.8 Å². The molecule has 1 saturated carbocycles. The summed E-state index contributed by atoms with van der Waals surface area (Å²) in [6.07, 6.45) is 6.41. The van der Waals surface area contributed by atoms with Gasteiger partial charge in [-0.2, -0.15) is 4.31 Å². The lowest BCUT2D eigenvalue weighted by Crippen LogP contribution is -2.62. The van der Waals surface area contributed by atoms with Crippen LogP contribution in [0.2, 0.25) is 5.02 Å². The molecule has 0 radical (unpaired) electrons. The van der Waals surface area contributed by atoms with Crippen molar-refractivity contribution in [3.8, 4) is 16.9 Å². The molecular formula is C41H51ClN4O7S. The molecule has 3 fully saturated rings. The summed E-state index contributed by atoms with van der Waals surface area (Å²) in [7, 11) is -4.13. The van der Waals surface area contributed by atoms with Gasteiger partial charge in [0.1, 0.15) is 17.4 Å². The Balaban J connectivity index is 1.17. The number of rotatable bonds is 9. The SMILES string of the molecule is CC(C)(C)OC(=O)NC1CCN(C(=O)C2CN(C(=O)c3ccc(-c4ccc(Cl)cc4)cc3)CCN2S(=O)(=O)c2ccc(OCC3CCCCC3)cc2)CC1. The fraction of sp³-hybridized carbons (Fsp3) is 0.488. The molecule has 6 rings (SSSR count). The van der Waals surface area contributed by atoms with Crippen molar-refractivity contribution in [2.45, 2.75) is 88.3 Å². The number of carbonyl (C=O) groups is 3. The van der Waals surface area contributed by atoms with Crippen LogP contribution in [-0.2, 0) is 19.6 Å². The van der Waals surface area contributed by atoms with E-state index in [2.05, 4.69) is 5.32 Å². The van der Waals surface area contributed by atoms with Gasteiger partial charge in [0.25, 0.3) is 5.91 Å². The van der Waals surface area contributed by atoms with Gasteiger partial charge >= 0.3 is 6.09 Å². The Bertz CT molecular complexity index is 1870. The number of likely N-dealkylation sites (tertiary alicyclic amines) is 1. The minimum atomic E-state index is -4.13. The van der Waals surface area contributed by atoms with Gasteiger partial charge in [-0.25, -0.2) is 13.2 Å². The van der Waals surface area contributed by atoms with E-state index in [9.17, 15) is 22.8 Å². The minimum Gasteiger partial charge on any atom is -0.493 e. The molecule has 2 heterocycles. The molecule has 54 heavy (non-hydrogen) atoms. The second-order valence-electron chi connectivity index (χ2n) is 15.5. The summed E-state index contributed by atoms with van der Waals surface area (Å²) in [6.45, 7) is 6.58. The van der Waals surface area contributed by atoms with E-state index in [0.717, 1.165) is 24.0 Å². The normalized spacial score (nSPS) is 19.3. The molecule has 11 nitrogen and oxygen atoms in total. The Labute approximate surface area is 324 Å². The third-order valence-corrected chi connectivity index (χ3v) is 12.6. The highest BCUT2D eigenvalue weighted by molar-refractivity contribution is 7.89. The number of piperazine rings is 1. The first kappa shape index (κ1) is 39.6. The lowest BCUT2D eigenvalue weighted by atomic mass is 9.90. The molecular weight excluding hydrogens is 728 g/mol. The number of ether oxygens (including phenoxy) is 2. The molecule has 2 saturated heterocycles. The van der Waals surface area contributed by atoms with Crippen LogP contribution in [0.25, 0.3) is 11.1 Å². The Morgan fingerprint density at radius 3 is 2.00 bits per heavy atom. The topological polar surface area (TPSA) is 126 Å². The molecule has 0 spiro atoms. The molecule has 3 amide bonds. The lowest BCUT2D eigenvalue weighted by molar-refractivity contribution is -0.137. The average molecular weight is 779 g/mol. The number of alkyl carbamates (subject to hydrolysis) is 1. The van der Waals surface area contributed by atoms with E-state index in [-0.39, 0.29) is 42.4 Å². The highest BCUT2D eigenvalue weighted by Crippen LogP contribution is 2.29. The molecule has 3 aliphatic rings. The third kappa shape index (κ3) is 9.94. The van der Waals surface area contributed by atoms with E-state index in [1.807, 2.05) is 24.3 Å². The minimum absolute atomic E-state index is 0.0517. The standard InChI is InChI=1S/C41H51ClN4O7S/c1-41(2,3)53-40(49)43-34-21-23-44(24-22-34)39(48)37-27-45(38(47)32-11-9-30(10-12-32)31-13-15-33(42)16-14-31)25-26-46(37)54(50,51)36-19-17-35(18-20-36)52-28-29-7-5-4-6-8-29/h9-20,29,34,37H,4-8,21-28H2,1-3H3,(H,43,49). The van der Waals surface area contributed by atoms with Crippen molar-refractivity contribution in [1.29, 1.82) is 0 Å². The second kappa shape index (κ2) is 17.1. The first-order valence-electron chi connectivity index (χ1n) is 18.9. The van der Waals surface area contributed by atoms with Crippen LogP contribution in [0.4, 0.5) is 4.79 Å². The lowest BCUT2D eigenvalue weighted by Gasteiger charge is -2.42. The van der Waals surface area contributed by atoms with Gasteiger partial charge < -0.3 is 24.6 Å². The maximum Gasteiger partial charge on any atom is 0.407 e. The van der Waals surface area contributed by atoms with Gasteiger partial charge in [-0.15, -0.1) is 0 Å². The van der Waals surface area contributed by atoms with Crippen LogP contribution in [0.15, 0.2) is 77.7 Å². The van der Waals surface area contributed by atoms with Crippen LogP contribution in [0, 0.1) is 5.92 Å². The number of carbonyl (C=O) groups excluding carboxylic acids is 3. The van der Waals surface area contributed by atoms with E-state index >= 15 is 0 Å². The van der Waals surface area contributed by atoms with Crippen molar-refractivity contribution in [1.82, 2.24) is 19.4 Å². The van der Waals surface area contributed by atoms with Crippen molar-refractivity contribution in [3.05, 3.63) is 83.4 Å². The van der Waals surface area contributed by atoms with Gasteiger partial charge in [-0.3, -0.25) is 9.59 Å². The number of amides is 3. The Hall–Kier alpha value is -4.13. The number of benzene rings is 3.